The van der Waals surface area contributed by atoms with Crippen molar-refractivity contribution in [1.82, 2.24) is 14.8 Å². The summed E-state index contributed by atoms with van der Waals surface area (Å²) in [4.78, 5) is 39.2. The molecule has 3 heterocycles. The lowest BCUT2D eigenvalue weighted by molar-refractivity contribution is 0.0570. The lowest BCUT2D eigenvalue weighted by atomic mass is 10.0. The Morgan fingerprint density at radius 2 is 1.91 bits per heavy atom. The first-order valence-corrected chi connectivity index (χ1v) is 9.86. The van der Waals surface area contributed by atoms with E-state index in [1.165, 1.54) is 16.4 Å². The maximum absolute atomic E-state index is 14.6. The lowest BCUT2D eigenvalue weighted by Crippen LogP contribution is -2.47. The van der Waals surface area contributed by atoms with Crippen molar-refractivity contribution in [2.24, 2.45) is 0 Å². The van der Waals surface area contributed by atoms with Gasteiger partial charge in [-0.2, -0.15) is 0 Å². The summed E-state index contributed by atoms with van der Waals surface area (Å²) in [5.74, 6) is -6.30. The summed E-state index contributed by atoms with van der Waals surface area (Å²) in [5.41, 5.74) is -4.30. The van der Waals surface area contributed by atoms with Crippen LogP contribution in [0.15, 0.2) is 23.1 Å². The molecule has 1 aromatic heterocycles. The van der Waals surface area contributed by atoms with E-state index in [1.54, 1.807) is 0 Å². The Kier molecular flexibility index (Phi) is 5.22. The molecule has 2 amide bonds. The first kappa shape index (κ1) is 21.8. The Hall–Kier alpha value is -3.37. The third-order valence-electron chi connectivity index (χ3n) is 5.82. The van der Waals surface area contributed by atoms with E-state index in [1.807, 2.05) is 0 Å². The van der Waals surface area contributed by atoms with Crippen LogP contribution in [0.25, 0.3) is 0 Å². The summed E-state index contributed by atoms with van der Waals surface area (Å²) in [6.45, 7) is 0.630. The smallest absolute Gasteiger partial charge is 0.274 e. The summed E-state index contributed by atoms with van der Waals surface area (Å²) >= 11 is 0. The van der Waals surface area contributed by atoms with Gasteiger partial charge in [-0.05, 0) is 19.8 Å². The van der Waals surface area contributed by atoms with E-state index in [2.05, 4.69) is 5.32 Å². The molecule has 2 aliphatic heterocycles. The molecule has 1 fully saturated rings. The number of nitrogens with one attached hydrogen (secondary N) is 1. The summed E-state index contributed by atoms with van der Waals surface area (Å²) < 4.78 is 56.6. The zero-order valence-electron chi connectivity index (χ0n) is 16.9. The highest BCUT2D eigenvalue weighted by Crippen LogP contribution is 2.36. The predicted molar refractivity (Wildman–Crippen MR) is 104 cm³/mol. The van der Waals surface area contributed by atoms with Crippen molar-refractivity contribution < 1.29 is 32.3 Å². The van der Waals surface area contributed by atoms with Gasteiger partial charge in [0.2, 0.25) is 5.43 Å². The van der Waals surface area contributed by atoms with Crippen molar-refractivity contribution in [1.29, 1.82) is 0 Å². The third kappa shape index (κ3) is 3.71. The number of amides is 2. The molecule has 1 aromatic carbocycles. The summed E-state index contributed by atoms with van der Waals surface area (Å²) in [7, 11) is 0. The average Bonchev–Trinajstić information content (AvgIpc) is 2.84. The van der Waals surface area contributed by atoms with Crippen molar-refractivity contribution in [2.75, 3.05) is 13.1 Å². The Labute approximate surface area is 179 Å². The van der Waals surface area contributed by atoms with Crippen LogP contribution in [0.4, 0.5) is 17.6 Å². The van der Waals surface area contributed by atoms with Crippen molar-refractivity contribution in [3.63, 3.8) is 0 Å². The fourth-order valence-electron chi connectivity index (χ4n) is 4.17. The van der Waals surface area contributed by atoms with E-state index in [4.69, 9.17) is 0 Å². The standard InChI is InChI=1S/C21H19F4N3O4/c1-21(25)3-2-11-7-27(9-21)20(32)16-18(30)17(29)13(8-28(11)16)19(31)26-6-12-14(23)4-10(22)5-15(12)24/h4-5,8,11,30H,2-3,6-7,9H2,1H3,(H,26,31)/t11-,21-/m0/s1. The highest BCUT2D eigenvalue weighted by molar-refractivity contribution is 5.99. The van der Waals surface area contributed by atoms with Gasteiger partial charge in [0.25, 0.3) is 11.8 Å². The van der Waals surface area contributed by atoms with Crippen molar-refractivity contribution in [3.8, 4) is 5.75 Å². The molecule has 7 nitrogen and oxygen atoms in total. The SMILES string of the molecule is C[C@]1(F)CC[C@H]2CN(C1)C(=O)c1c(O)c(=O)c(C(=O)NCc3c(F)cc(F)cc3F)cn12. The van der Waals surface area contributed by atoms with Gasteiger partial charge in [0.1, 0.15) is 28.7 Å². The van der Waals surface area contributed by atoms with E-state index < -0.39 is 69.8 Å². The monoisotopic (exact) mass is 453 g/mol. The summed E-state index contributed by atoms with van der Waals surface area (Å²) in [5, 5.41) is 12.6. The highest BCUT2D eigenvalue weighted by atomic mass is 19.2. The van der Waals surface area contributed by atoms with Gasteiger partial charge in [0.15, 0.2) is 11.4 Å². The Balaban J connectivity index is 1.67. The zero-order valence-corrected chi connectivity index (χ0v) is 16.9. The van der Waals surface area contributed by atoms with Crippen LogP contribution in [0, 0.1) is 17.5 Å². The number of carbonyl (C=O) groups excluding carboxylic acids is 2. The number of alkyl halides is 1. The fraction of sp³-hybridized carbons (Fsp3) is 0.381. The number of aromatic hydroxyl groups is 1. The molecule has 11 heteroatoms. The number of hydrogen-bond acceptors (Lipinski definition) is 4. The molecule has 2 bridgehead atoms. The molecule has 2 atom stereocenters. The van der Waals surface area contributed by atoms with Crippen LogP contribution in [-0.2, 0) is 6.54 Å². The molecule has 4 rings (SSSR count). The minimum absolute atomic E-state index is 0.123. The van der Waals surface area contributed by atoms with Gasteiger partial charge in [-0.3, -0.25) is 14.4 Å². The number of benzene rings is 1. The van der Waals surface area contributed by atoms with E-state index >= 15 is 0 Å². The normalized spacial score (nSPS) is 22.3. The Morgan fingerprint density at radius 1 is 1.25 bits per heavy atom. The number of pyridine rings is 1. The molecule has 0 spiro atoms. The van der Waals surface area contributed by atoms with Gasteiger partial charge in [-0.25, -0.2) is 17.6 Å². The van der Waals surface area contributed by atoms with Crippen molar-refractivity contribution in [2.45, 2.75) is 38.0 Å². The van der Waals surface area contributed by atoms with Gasteiger partial charge in [0, 0.05) is 37.0 Å². The second kappa shape index (κ2) is 7.64. The number of hydrogen-bond donors (Lipinski definition) is 2. The van der Waals surface area contributed by atoms with E-state index in [9.17, 15) is 37.1 Å². The molecule has 0 radical (unpaired) electrons. The first-order chi connectivity index (χ1) is 15.0. The van der Waals surface area contributed by atoms with Crippen molar-refractivity contribution in [3.05, 3.63) is 62.8 Å². The van der Waals surface area contributed by atoms with Crippen LogP contribution in [0.5, 0.6) is 5.75 Å². The van der Waals surface area contributed by atoms with Crippen molar-refractivity contribution >= 4 is 11.8 Å². The number of halogens is 4. The molecule has 2 N–H and O–H groups in total. The molecular formula is C21H19F4N3O4. The quantitative estimate of drug-likeness (QED) is 0.699. The highest BCUT2D eigenvalue weighted by Gasteiger charge is 2.42. The minimum atomic E-state index is -1.65. The maximum Gasteiger partial charge on any atom is 0.274 e. The van der Waals surface area contributed by atoms with Gasteiger partial charge in [-0.15, -0.1) is 0 Å². The maximum atomic E-state index is 14.6. The first-order valence-electron chi connectivity index (χ1n) is 9.86. The number of nitrogens with zero attached hydrogens (tertiary/aromatic N) is 2. The van der Waals surface area contributed by atoms with Gasteiger partial charge >= 0.3 is 0 Å². The zero-order chi connectivity index (χ0) is 23.4. The molecular weight excluding hydrogens is 434 g/mol. The van der Waals surface area contributed by atoms with Crippen LogP contribution in [0.2, 0.25) is 0 Å². The molecule has 170 valence electrons. The van der Waals surface area contributed by atoms with Crippen LogP contribution >= 0.6 is 0 Å². The van der Waals surface area contributed by atoms with E-state index in [0.717, 1.165) is 6.20 Å². The van der Waals surface area contributed by atoms with Gasteiger partial charge < -0.3 is 19.9 Å². The average molecular weight is 453 g/mol. The number of carbonyl (C=O) groups is 2. The molecule has 0 unspecified atom stereocenters. The molecule has 0 saturated carbocycles. The third-order valence-corrected chi connectivity index (χ3v) is 5.82. The molecule has 2 aromatic rings. The summed E-state index contributed by atoms with van der Waals surface area (Å²) in [6.07, 6.45) is 1.50. The van der Waals surface area contributed by atoms with E-state index in [0.29, 0.717) is 18.6 Å². The van der Waals surface area contributed by atoms with Crippen LogP contribution in [0.3, 0.4) is 0 Å². The molecule has 2 aliphatic rings. The number of fused-ring (bicyclic) bond motifs is 4. The van der Waals surface area contributed by atoms with Crippen LogP contribution in [0.1, 0.15) is 52.2 Å². The fourth-order valence-corrected chi connectivity index (χ4v) is 4.17. The Bertz CT molecular complexity index is 1170. The van der Waals surface area contributed by atoms with Crippen LogP contribution < -0.4 is 10.7 Å². The number of aromatic nitrogens is 1. The number of rotatable bonds is 3. The van der Waals surface area contributed by atoms with Gasteiger partial charge in [0.05, 0.1) is 12.6 Å². The second-order valence-corrected chi connectivity index (χ2v) is 8.30. The lowest BCUT2D eigenvalue weighted by Gasteiger charge is -2.35. The second-order valence-electron chi connectivity index (χ2n) is 8.30. The minimum Gasteiger partial charge on any atom is -0.503 e. The molecule has 1 saturated heterocycles. The molecule has 32 heavy (non-hydrogen) atoms. The van der Waals surface area contributed by atoms with Gasteiger partial charge in [-0.1, -0.05) is 0 Å². The summed E-state index contributed by atoms with van der Waals surface area (Å²) in [6, 6.07) is 0.420. The Morgan fingerprint density at radius 3 is 2.56 bits per heavy atom. The largest absolute Gasteiger partial charge is 0.503 e. The molecule has 0 aliphatic carbocycles. The van der Waals surface area contributed by atoms with Crippen LogP contribution in [-0.4, -0.2) is 45.1 Å². The predicted octanol–water partition coefficient (Wildman–Crippen LogP) is 2.42. The topological polar surface area (TPSA) is 91.6 Å². The van der Waals surface area contributed by atoms with E-state index in [-0.39, 0.29) is 25.2 Å².